The van der Waals surface area contributed by atoms with Gasteiger partial charge in [0.25, 0.3) is 0 Å². The molecule has 1 aliphatic rings. The van der Waals surface area contributed by atoms with Crippen LogP contribution in [0.25, 0.3) is 34.6 Å². The number of H-pyrrole nitrogens is 1. The van der Waals surface area contributed by atoms with Crippen molar-refractivity contribution in [2.45, 2.75) is 50.3 Å². The van der Waals surface area contributed by atoms with Crippen molar-refractivity contribution in [3.05, 3.63) is 99.4 Å². The van der Waals surface area contributed by atoms with E-state index in [1.54, 1.807) is 40.8 Å². The summed E-state index contributed by atoms with van der Waals surface area (Å²) in [6.45, 7) is 3.26. The molecular formula is C33H31Cl2N7S. The van der Waals surface area contributed by atoms with Crippen LogP contribution < -0.4 is 4.90 Å². The molecule has 0 fully saturated rings. The maximum Gasteiger partial charge on any atom is 0.221 e. The van der Waals surface area contributed by atoms with Crippen molar-refractivity contribution in [1.29, 1.82) is 0 Å². The molecule has 10 heteroatoms. The number of para-hydroxylation sites is 1. The lowest BCUT2D eigenvalue weighted by molar-refractivity contribution is 0.608. The number of hydrogen-bond acceptors (Lipinski definition) is 6. The second-order valence-corrected chi connectivity index (χ2v) is 12.1. The Balaban J connectivity index is 1.32. The molecule has 1 N–H and O–H groups in total. The molecule has 0 spiro atoms. The third-order valence-electron chi connectivity index (χ3n) is 7.29. The number of halogens is 2. The van der Waals surface area contributed by atoms with Crippen LogP contribution in [0.1, 0.15) is 51.0 Å². The zero-order chi connectivity index (χ0) is 29.6. The monoisotopic (exact) mass is 627 g/mol. The van der Waals surface area contributed by atoms with Gasteiger partial charge in [-0.05, 0) is 55.0 Å². The van der Waals surface area contributed by atoms with E-state index in [1.807, 2.05) is 24.3 Å². The molecule has 2 aromatic carbocycles. The predicted octanol–water partition coefficient (Wildman–Crippen LogP) is 9.47. The van der Waals surface area contributed by atoms with E-state index in [1.165, 1.54) is 54.1 Å². The number of hydrogen-bond donors (Lipinski definition) is 1. The fraction of sp³-hybridized carbons (Fsp3) is 0.242. The second-order valence-electron chi connectivity index (χ2n) is 10.3. The summed E-state index contributed by atoms with van der Waals surface area (Å²) in [4.78, 5) is 12.4. The van der Waals surface area contributed by atoms with E-state index in [-0.39, 0.29) is 0 Å². The van der Waals surface area contributed by atoms with Gasteiger partial charge in [0.2, 0.25) is 5.82 Å². The summed E-state index contributed by atoms with van der Waals surface area (Å²) >= 11 is 14.4. The number of fused-ring (bicyclic) bond motifs is 2. The van der Waals surface area contributed by atoms with Crippen LogP contribution in [0.15, 0.2) is 88.7 Å². The highest BCUT2D eigenvalue weighted by molar-refractivity contribution is 8.03. The number of unbranched alkanes of at least 4 members (excludes halogenated alkanes) is 5. The number of aromatic nitrogens is 6. The Labute approximate surface area is 265 Å². The lowest BCUT2D eigenvalue weighted by atomic mass is 10.1. The van der Waals surface area contributed by atoms with Gasteiger partial charge in [0.15, 0.2) is 11.5 Å². The maximum absolute atomic E-state index is 6.39. The van der Waals surface area contributed by atoms with Gasteiger partial charge in [-0.25, -0.2) is 14.5 Å². The zero-order valence-corrected chi connectivity index (χ0v) is 26.1. The summed E-state index contributed by atoms with van der Waals surface area (Å²) in [5.74, 6) is 0.976. The Morgan fingerprint density at radius 3 is 2.58 bits per heavy atom. The van der Waals surface area contributed by atoms with Gasteiger partial charge in [0.1, 0.15) is 0 Å². The van der Waals surface area contributed by atoms with Crippen molar-refractivity contribution in [2.75, 3.05) is 11.4 Å². The first-order chi connectivity index (χ1) is 21.1. The number of benzene rings is 2. The van der Waals surface area contributed by atoms with E-state index in [9.17, 15) is 0 Å². The van der Waals surface area contributed by atoms with Crippen LogP contribution >= 0.6 is 35.0 Å². The first-order valence-electron chi connectivity index (χ1n) is 14.5. The molecule has 0 aliphatic carbocycles. The van der Waals surface area contributed by atoms with Gasteiger partial charge in [-0.15, -0.1) is 15.9 Å². The number of anilines is 1. The van der Waals surface area contributed by atoms with Crippen molar-refractivity contribution in [3.63, 3.8) is 0 Å². The van der Waals surface area contributed by atoms with Crippen LogP contribution in [-0.2, 0) is 0 Å². The average Bonchev–Trinajstić information content (AvgIpc) is 3.71. The van der Waals surface area contributed by atoms with Crippen molar-refractivity contribution < 1.29 is 0 Å². The molecule has 0 bridgehead atoms. The minimum atomic E-state index is 0.467. The number of aromatic amines is 1. The van der Waals surface area contributed by atoms with E-state index < -0.39 is 0 Å². The lowest BCUT2D eigenvalue weighted by Crippen LogP contribution is -2.18. The number of allylic oxidation sites excluding steroid dienone is 2. The molecule has 0 radical (unpaired) electrons. The summed E-state index contributed by atoms with van der Waals surface area (Å²) in [6.07, 6.45) is 17.0. The highest BCUT2D eigenvalue weighted by atomic mass is 35.5. The number of thioether (sulfide) groups is 1. The highest BCUT2D eigenvalue weighted by Gasteiger charge is 2.24. The van der Waals surface area contributed by atoms with Gasteiger partial charge in [-0.1, -0.05) is 92.2 Å². The highest BCUT2D eigenvalue weighted by Crippen LogP contribution is 2.45. The molecule has 43 heavy (non-hydrogen) atoms. The van der Waals surface area contributed by atoms with Gasteiger partial charge >= 0.3 is 0 Å². The molecule has 0 saturated heterocycles. The molecule has 3 aromatic heterocycles. The third kappa shape index (κ3) is 6.43. The summed E-state index contributed by atoms with van der Waals surface area (Å²) in [6, 6.07) is 15.9. The third-order valence-corrected chi connectivity index (χ3v) is 9.16. The first-order valence-corrected chi connectivity index (χ1v) is 16.1. The maximum atomic E-state index is 6.39. The predicted molar refractivity (Wildman–Crippen MR) is 177 cm³/mol. The largest absolute Gasteiger partial charge is 0.335 e. The normalized spacial score (nSPS) is 13.5. The summed E-state index contributed by atoms with van der Waals surface area (Å²) in [5, 5.41) is 14.4. The van der Waals surface area contributed by atoms with Gasteiger partial charge in [0, 0.05) is 29.4 Å². The van der Waals surface area contributed by atoms with Gasteiger partial charge in [0.05, 0.1) is 32.0 Å². The molecule has 6 rings (SSSR count). The van der Waals surface area contributed by atoms with E-state index >= 15 is 0 Å². The standard InChI is InChI=1S/C33H31Cl2N7S/c1-2-3-4-5-6-11-21-41-27-14-8-9-15-28(27)43-29(41)16-10-7-13-24-30(23-17-18-25(34)26(35)22-23)40-42-32(24)38-39-33(42)31-36-19-12-20-37-31/h8-10,12-20,22,40H,2-6,11,21H2,1H3. The van der Waals surface area contributed by atoms with Crippen LogP contribution in [0.3, 0.4) is 0 Å². The van der Waals surface area contributed by atoms with Crippen LogP contribution in [0.2, 0.25) is 10.0 Å². The SMILES string of the molecule is CCCCCCCCN1C(=CC=C=Cc2c(-c3ccc(Cl)c(Cl)c3)[nH]n3c(-c4ncccn4)nnc23)Sc2ccccc21. The Morgan fingerprint density at radius 1 is 0.930 bits per heavy atom. The second kappa shape index (κ2) is 13.7. The van der Waals surface area contributed by atoms with Crippen molar-refractivity contribution in [3.8, 4) is 22.9 Å². The topological polar surface area (TPSA) is 75.0 Å². The Kier molecular flexibility index (Phi) is 9.30. The van der Waals surface area contributed by atoms with Crippen LogP contribution in [-0.4, -0.2) is 36.3 Å². The molecule has 4 heterocycles. The lowest BCUT2D eigenvalue weighted by Gasteiger charge is -2.20. The van der Waals surface area contributed by atoms with Gasteiger partial charge < -0.3 is 4.90 Å². The Hall–Kier alpha value is -3.81. The molecular weight excluding hydrogens is 597 g/mol. The van der Waals surface area contributed by atoms with Crippen molar-refractivity contribution in [2.24, 2.45) is 0 Å². The first kappa shape index (κ1) is 29.3. The molecule has 0 atom stereocenters. The minimum Gasteiger partial charge on any atom is -0.335 e. The summed E-state index contributed by atoms with van der Waals surface area (Å²) in [7, 11) is 0. The fourth-order valence-corrected chi connectivity index (χ4v) is 6.51. The van der Waals surface area contributed by atoms with E-state index in [4.69, 9.17) is 23.2 Å². The zero-order valence-electron chi connectivity index (χ0n) is 23.8. The van der Waals surface area contributed by atoms with Crippen LogP contribution in [0, 0.1) is 0 Å². The van der Waals surface area contributed by atoms with Gasteiger partial charge in [-0.2, -0.15) is 0 Å². The summed E-state index contributed by atoms with van der Waals surface area (Å²) < 4.78 is 1.78. The van der Waals surface area contributed by atoms with Crippen molar-refractivity contribution in [1.82, 2.24) is 29.8 Å². The molecule has 0 unspecified atom stereocenters. The van der Waals surface area contributed by atoms with E-state index in [2.05, 4.69) is 73.2 Å². The number of nitrogens with one attached hydrogen (secondary N) is 1. The average molecular weight is 629 g/mol. The Bertz CT molecular complexity index is 1820. The summed E-state index contributed by atoms with van der Waals surface area (Å²) in [5.41, 5.74) is 7.76. The molecule has 0 saturated carbocycles. The Morgan fingerprint density at radius 2 is 1.74 bits per heavy atom. The molecule has 5 aromatic rings. The van der Waals surface area contributed by atoms with Gasteiger partial charge in [-0.3, -0.25) is 5.10 Å². The molecule has 0 amide bonds. The minimum absolute atomic E-state index is 0.467. The molecule has 7 nitrogen and oxygen atoms in total. The molecule has 1 aliphatic heterocycles. The van der Waals surface area contributed by atoms with E-state index in [0.717, 1.165) is 23.4 Å². The van der Waals surface area contributed by atoms with Crippen LogP contribution in [0.4, 0.5) is 5.69 Å². The smallest absolute Gasteiger partial charge is 0.221 e. The molecule has 218 valence electrons. The quantitative estimate of drug-likeness (QED) is 0.116. The van der Waals surface area contributed by atoms with Crippen molar-refractivity contribution >= 4 is 52.4 Å². The fourth-order valence-electron chi connectivity index (χ4n) is 5.12. The number of rotatable bonds is 11. The number of nitrogens with zero attached hydrogens (tertiary/aromatic N) is 6. The van der Waals surface area contributed by atoms with Crippen LogP contribution in [0.5, 0.6) is 0 Å². The van der Waals surface area contributed by atoms with E-state index in [0.29, 0.717) is 27.3 Å².